The standard InChI is InChI=1S/C18H19N5OS/c24-17(7-13-9-22-25-10-13)23-14-5-12(6-14)8-19-18-15-3-1-2-4-16(15)20-11-21-18/h1-4,9-12,14H,5-8H2,(H,23,24)(H,19,20,21). The van der Waals surface area contributed by atoms with Gasteiger partial charge in [0.25, 0.3) is 0 Å². The Morgan fingerprint density at radius 2 is 2.12 bits per heavy atom. The summed E-state index contributed by atoms with van der Waals surface area (Å²) in [5.74, 6) is 1.52. The molecule has 0 spiro atoms. The van der Waals surface area contributed by atoms with Gasteiger partial charge in [-0.25, -0.2) is 14.3 Å². The predicted molar refractivity (Wildman–Crippen MR) is 98.5 cm³/mol. The molecule has 2 aromatic heterocycles. The van der Waals surface area contributed by atoms with E-state index in [-0.39, 0.29) is 11.9 Å². The van der Waals surface area contributed by atoms with Crippen molar-refractivity contribution in [3.05, 3.63) is 47.7 Å². The fourth-order valence-corrected chi connectivity index (χ4v) is 3.72. The molecular weight excluding hydrogens is 334 g/mol. The Morgan fingerprint density at radius 3 is 2.96 bits per heavy atom. The van der Waals surface area contributed by atoms with Gasteiger partial charge in [0.1, 0.15) is 12.1 Å². The van der Waals surface area contributed by atoms with Crippen molar-refractivity contribution in [2.75, 3.05) is 11.9 Å². The zero-order chi connectivity index (χ0) is 17.1. The smallest absolute Gasteiger partial charge is 0.224 e. The minimum absolute atomic E-state index is 0.0819. The van der Waals surface area contributed by atoms with Gasteiger partial charge in [0.05, 0.1) is 11.9 Å². The minimum atomic E-state index is 0.0819. The maximum atomic E-state index is 12.0. The first-order valence-corrected chi connectivity index (χ1v) is 9.23. The van der Waals surface area contributed by atoms with E-state index in [2.05, 4.69) is 25.0 Å². The third-order valence-electron chi connectivity index (χ3n) is 4.55. The van der Waals surface area contributed by atoms with Crippen LogP contribution in [0, 0.1) is 5.92 Å². The number of carbonyl (C=O) groups is 1. The molecule has 4 rings (SSSR count). The second kappa shape index (κ2) is 7.14. The van der Waals surface area contributed by atoms with Crippen molar-refractivity contribution in [3.63, 3.8) is 0 Å². The van der Waals surface area contributed by atoms with Crippen molar-refractivity contribution in [1.82, 2.24) is 19.7 Å². The summed E-state index contributed by atoms with van der Waals surface area (Å²) in [7, 11) is 0. The van der Waals surface area contributed by atoms with Gasteiger partial charge >= 0.3 is 0 Å². The first kappa shape index (κ1) is 16.0. The summed E-state index contributed by atoms with van der Waals surface area (Å²) in [6.45, 7) is 0.863. The second-order valence-electron chi connectivity index (χ2n) is 6.43. The number of aromatic nitrogens is 3. The molecule has 128 valence electrons. The van der Waals surface area contributed by atoms with Gasteiger partial charge in [-0.3, -0.25) is 4.79 Å². The zero-order valence-electron chi connectivity index (χ0n) is 13.7. The van der Waals surface area contributed by atoms with Gasteiger partial charge in [-0.15, -0.1) is 0 Å². The van der Waals surface area contributed by atoms with Crippen LogP contribution in [0.4, 0.5) is 5.82 Å². The van der Waals surface area contributed by atoms with Gasteiger partial charge in [-0.1, -0.05) is 12.1 Å². The van der Waals surface area contributed by atoms with E-state index < -0.39 is 0 Å². The van der Waals surface area contributed by atoms with E-state index in [9.17, 15) is 4.79 Å². The van der Waals surface area contributed by atoms with E-state index in [1.54, 1.807) is 12.5 Å². The predicted octanol–water partition coefficient (Wildman–Crippen LogP) is 2.64. The van der Waals surface area contributed by atoms with Crippen LogP contribution in [0.25, 0.3) is 10.9 Å². The summed E-state index contributed by atoms with van der Waals surface area (Å²) < 4.78 is 4.02. The highest BCUT2D eigenvalue weighted by Crippen LogP contribution is 2.28. The third-order valence-corrected chi connectivity index (χ3v) is 5.19. The molecule has 0 atom stereocenters. The molecule has 1 saturated carbocycles. The topological polar surface area (TPSA) is 79.8 Å². The lowest BCUT2D eigenvalue weighted by Gasteiger charge is -2.36. The first-order chi connectivity index (χ1) is 12.3. The number of rotatable bonds is 6. The lowest BCUT2D eigenvalue weighted by molar-refractivity contribution is -0.121. The van der Waals surface area contributed by atoms with Crippen molar-refractivity contribution < 1.29 is 4.79 Å². The number of hydrogen-bond donors (Lipinski definition) is 2. The molecule has 1 aromatic carbocycles. The van der Waals surface area contributed by atoms with E-state index in [1.807, 2.05) is 29.6 Å². The molecule has 7 heteroatoms. The van der Waals surface area contributed by atoms with Gasteiger partial charge in [-0.2, -0.15) is 0 Å². The summed E-state index contributed by atoms with van der Waals surface area (Å²) in [4.78, 5) is 20.6. The minimum Gasteiger partial charge on any atom is -0.369 e. The molecule has 0 unspecified atom stereocenters. The summed E-state index contributed by atoms with van der Waals surface area (Å²) >= 11 is 1.38. The monoisotopic (exact) mass is 353 g/mol. The van der Waals surface area contributed by atoms with E-state index in [4.69, 9.17) is 0 Å². The number of hydrogen-bond acceptors (Lipinski definition) is 6. The van der Waals surface area contributed by atoms with Crippen LogP contribution in [0.1, 0.15) is 18.4 Å². The van der Waals surface area contributed by atoms with Crippen LogP contribution in [-0.2, 0) is 11.2 Å². The number of nitrogens with one attached hydrogen (secondary N) is 2. The maximum Gasteiger partial charge on any atom is 0.224 e. The number of amides is 1. The number of carbonyl (C=O) groups excluding carboxylic acids is 1. The highest BCUT2D eigenvalue weighted by atomic mass is 32.1. The molecule has 0 saturated heterocycles. The summed E-state index contributed by atoms with van der Waals surface area (Å²) in [6.07, 6.45) is 5.77. The molecule has 1 fully saturated rings. The van der Waals surface area contributed by atoms with E-state index in [0.717, 1.165) is 41.7 Å². The number of fused-ring (bicyclic) bond motifs is 1. The largest absolute Gasteiger partial charge is 0.369 e. The van der Waals surface area contributed by atoms with E-state index in [0.29, 0.717) is 12.3 Å². The molecule has 3 aromatic rings. The lowest BCUT2D eigenvalue weighted by Crippen LogP contribution is -2.46. The molecule has 6 nitrogen and oxygen atoms in total. The highest BCUT2D eigenvalue weighted by Gasteiger charge is 2.30. The fraction of sp³-hybridized carbons (Fsp3) is 0.333. The Labute approximate surface area is 149 Å². The molecule has 25 heavy (non-hydrogen) atoms. The van der Waals surface area contributed by atoms with Crippen LogP contribution in [0.3, 0.4) is 0 Å². The summed E-state index contributed by atoms with van der Waals surface area (Å²) in [6, 6.07) is 8.27. The highest BCUT2D eigenvalue weighted by molar-refractivity contribution is 7.03. The van der Waals surface area contributed by atoms with Gasteiger partial charge in [0.2, 0.25) is 5.91 Å². The summed E-state index contributed by atoms with van der Waals surface area (Å²) in [5, 5.41) is 9.48. The Morgan fingerprint density at radius 1 is 1.24 bits per heavy atom. The normalized spacial score (nSPS) is 19.4. The van der Waals surface area contributed by atoms with Crippen LogP contribution in [0.15, 0.2) is 42.2 Å². The molecule has 0 bridgehead atoms. The Bertz CT molecular complexity index is 856. The number of benzene rings is 1. The number of anilines is 1. The SMILES string of the molecule is O=C(Cc1cnsc1)NC1CC(CNc2ncnc3ccccc23)C1. The van der Waals surface area contributed by atoms with E-state index in [1.165, 1.54) is 11.5 Å². The van der Waals surface area contributed by atoms with Crippen LogP contribution in [0.5, 0.6) is 0 Å². The van der Waals surface area contributed by atoms with Crippen LogP contribution < -0.4 is 10.6 Å². The van der Waals surface area contributed by atoms with Crippen LogP contribution in [0.2, 0.25) is 0 Å². The Hall–Kier alpha value is -2.54. The molecular formula is C18H19N5OS. The number of nitrogens with zero attached hydrogens (tertiary/aromatic N) is 3. The van der Waals surface area contributed by atoms with Gasteiger partial charge in [0.15, 0.2) is 0 Å². The quantitative estimate of drug-likeness (QED) is 0.712. The van der Waals surface area contributed by atoms with E-state index >= 15 is 0 Å². The number of para-hydroxylation sites is 1. The zero-order valence-corrected chi connectivity index (χ0v) is 14.5. The van der Waals surface area contributed by atoms with Crippen LogP contribution >= 0.6 is 11.5 Å². The van der Waals surface area contributed by atoms with Gasteiger partial charge in [0, 0.05) is 29.5 Å². The molecule has 2 heterocycles. The van der Waals surface area contributed by atoms with Crippen molar-refractivity contribution in [1.29, 1.82) is 0 Å². The molecule has 1 amide bonds. The molecule has 0 radical (unpaired) electrons. The molecule has 0 aliphatic heterocycles. The maximum absolute atomic E-state index is 12.0. The fourth-order valence-electron chi connectivity index (χ4n) is 3.18. The average Bonchev–Trinajstić information content (AvgIpc) is 3.09. The van der Waals surface area contributed by atoms with Crippen molar-refractivity contribution in [3.8, 4) is 0 Å². The lowest BCUT2D eigenvalue weighted by atomic mass is 9.80. The first-order valence-electron chi connectivity index (χ1n) is 8.39. The Balaban J connectivity index is 1.24. The molecule has 1 aliphatic rings. The third kappa shape index (κ3) is 3.76. The van der Waals surface area contributed by atoms with Gasteiger partial charge in [-0.05, 0) is 48.0 Å². The van der Waals surface area contributed by atoms with Crippen molar-refractivity contribution >= 4 is 34.2 Å². The molecule has 2 N–H and O–H groups in total. The van der Waals surface area contributed by atoms with Crippen molar-refractivity contribution in [2.45, 2.75) is 25.3 Å². The van der Waals surface area contributed by atoms with Crippen LogP contribution in [-0.4, -0.2) is 32.8 Å². The van der Waals surface area contributed by atoms with Crippen molar-refractivity contribution in [2.24, 2.45) is 5.92 Å². The second-order valence-corrected chi connectivity index (χ2v) is 7.09. The average molecular weight is 353 g/mol. The summed E-state index contributed by atoms with van der Waals surface area (Å²) in [5.41, 5.74) is 1.93. The Kier molecular flexibility index (Phi) is 4.56. The van der Waals surface area contributed by atoms with Gasteiger partial charge < -0.3 is 10.6 Å². The molecule has 1 aliphatic carbocycles.